The predicted octanol–water partition coefficient (Wildman–Crippen LogP) is 1.70. The van der Waals surface area contributed by atoms with E-state index in [1.807, 2.05) is 0 Å². The highest BCUT2D eigenvalue weighted by atomic mass is 15.2. The summed E-state index contributed by atoms with van der Waals surface area (Å²) in [6.07, 6.45) is 2.32. The summed E-state index contributed by atoms with van der Waals surface area (Å²) in [4.78, 5) is 4.32. The number of benzene rings is 1. The van der Waals surface area contributed by atoms with E-state index >= 15 is 0 Å². The Kier molecular flexibility index (Phi) is 1.96. The number of nitrogens with two attached hydrogens (primary N) is 1. The fraction of sp³-hybridized carbons (Fsp3) is 0.462. The van der Waals surface area contributed by atoms with Gasteiger partial charge in [0.1, 0.15) is 0 Å². The van der Waals surface area contributed by atoms with Gasteiger partial charge < -0.3 is 11.1 Å². The Labute approximate surface area is 95.8 Å². The maximum absolute atomic E-state index is 5.77. The Morgan fingerprint density at radius 2 is 2.25 bits per heavy atom. The molecule has 0 aromatic heterocycles. The molecule has 16 heavy (non-hydrogen) atoms. The van der Waals surface area contributed by atoms with Crippen LogP contribution < -0.4 is 11.1 Å². The van der Waals surface area contributed by atoms with E-state index in [-0.39, 0.29) is 5.54 Å². The fourth-order valence-electron chi connectivity index (χ4n) is 2.95. The van der Waals surface area contributed by atoms with Crippen LogP contribution in [0.1, 0.15) is 36.8 Å². The first-order valence-electron chi connectivity index (χ1n) is 5.89. The van der Waals surface area contributed by atoms with Crippen molar-refractivity contribution in [3.8, 4) is 0 Å². The van der Waals surface area contributed by atoms with E-state index in [0.29, 0.717) is 11.9 Å². The average molecular weight is 215 g/mol. The Bertz CT molecular complexity index is 452. The van der Waals surface area contributed by atoms with Crippen molar-refractivity contribution in [3.63, 3.8) is 0 Å². The normalized spacial score (nSPS) is 32.1. The molecular formula is C13H17N3. The molecule has 3 heteroatoms. The number of rotatable bonds is 0. The summed E-state index contributed by atoms with van der Waals surface area (Å²) < 4.78 is 0. The van der Waals surface area contributed by atoms with Gasteiger partial charge in [0, 0.05) is 0 Å². The van der Waals surface area contributed by atoms with E-state index in [9.17, 15) is 0 Å². The molecule has 0 bridgehead atoms. The third-order valence-electron chi connectivity index (χ3n) is 3.90. The van der Waals surface area contributed by atoms with Crippen molar-refractivity contribution in [1.82, 2.24) is 5.32 Å². The molecule has 2 unspecified atom stereocenters. The van der Waals surface area contributed by atoms with Crippen molar-refractivity contribution in [2.24, 2.45) is 10.7 Å². The van der Waals surface area contributed by atoms with E-state index in [2.05, 4.69) is 41.5 Å². The molecule has 1 aliphatic heterocycles. The molecule has 0 saturated carbocycles. The van der Waals surface area contributed by atoms with Crippen LogP contribution in [0.3, 0.4) is 0 Å². The molecular weight excluding hydrogens is 198 g/mol. The van der Waals surface area contributed by atoms with Crippen LogP contribution in [0.15, 0.2) is 29.3 Å². The second kappa shape index (κ2) is 3.24. The molecule has 1 aromatic rings. The number of fused-ring (bicyclic) bond motifs is 2. The molecule has 1 aromatic carbocycles. The first-order chi connectivity index (χ1) is 7.71. The van der Waals surface area contributed by atoms with Crippen molar-refractivity contribution in [1.29, 1.82) is 0 Å². The van der Waals surface area contributed by atoms with E-state index < -0.39 is 0 Å². The molecule has 3 nitrogen and oxygen atoms in total. The zero-order valence-electron chi connectivity index (χ0n) is 9.53. The van der Waals surface area contributed by atoms with Gasteiger partial charge in [-0.15, -0.1) is 0 Å². The molecule has 3 N–H and O–H groups in total. The summed E-state index contributed by atoms with van der Waals surface area (Å²) in [5.41, 5.74) is 8.59. The Morgan fingerprint density at radius 1 is 1.44 bits per heavy atom. The van der Waals surface area contributed by atoms with Crippen LogP contribution in [0.25, 0.3) is 0 Å². The van der Waals surface area contributed by atoms with E-state index in [1.165, 1.54) is 17.5 Å². The van der Waals surface area contributed by atoms with Gasteiger partial charge in [-0.05, 0) is 29.9 Å². The maximum atomic E-state index is 5.77. The molecule has 1 spiro atoms. The van der Waals surface area contributed by atoms with Gasteiger partial charge >= 0.3 is 0 Å². The first-order valence-corrected chi connectivity index (χ1v) is 5.89. The Balaban J connectivity index is 2.09. The lowest BCUT2D eigenvalue weighted by atomic mass is 9.73. The lowest BCUT2D eigenvalue weighted by molar-refractivity contribution is 0.342. The zero-order valence-corrected chi connectivity index (χ0v) is 9.53. The molecule has 1 aliphatic carbocycles. The number of hydrogen-bond acceptors (Lipinski definition) is 3. The van der Waals surface area contributed by atoms with Crippen molar-refractivity contribution < 1.29 is 0 Å². The molecule has 1 heterocycles. The van der Waals surface area contributed by atoms with Crippen LogP contribution in [-0.2, 0) is 5.54 Å². The lowest BCUT2D eigenvalue weighted by Gasteiger charge is -2.38. The zero-order chi connectivity index (χ0) is 11.2. The van der Waals surface area contributed by atoms with Crippen LogP contribution in [0.5, 0.6) is 0 Å². The maximum Gasteiger partial charge on any atom is 0.189 e. The summed E-state index contributed by atoms with van der Waals surface area (Å²) in [5.74, 6) is 1.23. The minimum Gasteiger partial charge on any atom is -0.370 e. The van der Waals surface area contributed by atoms with Gasteiger partial charge in [-0.3, -0.25) is 4.99 Å². The minimum atomic E-state index is -0.0206. The van der Waals surface area contributed by atoms with Crippen molar-refractivity contribution in [3.05, 3.63) is 35.4 Å². The Morgan fingerprint density at radius 3 is 3.00 bits per heavy atom. The third-order valence-corrected chi connectivity index (χ3v) is 3.90. The topological polar surface area (TPSA) is 50.4 Å². The third kappa shape index (κ3) is 1.24. The SMILES string of the molecule is CC1CCC2(CN=C(N)N2)c2ccccc21. The minimum absolute atomic E-state index is 0.0206. The highest BCUT2D eigenvalue weighted by Crippen LogP contribution is 2.42. The smallest absolute Gasteiger partial charge is 0.189 e. The monoisotopic (exact) mass is 215 g/mol. The molecule has 84 valence electrons. The van der Waals surface area contributed by atoms with Crippen LogP contribution >= 0.6 is 0 Å². The predicted molar refractivity (Wildman–Crippen MR) is 65.4 cm³/mol. The molecule has 2 aliphatic rings. The lowest BCUT2D eigenvalue weighted by Crippen LogP contribution is -2.47. The van der Waals surface area contributed by atoms with Crippen molar-refractivity contribution >= 4 is 5.96 Å². The molecule has 2 atom stereocenters. The van der Waals surface area contributed by atoms with Crippen LogP contribution in [0.4, 0.5) is 0 Å². The van der Waals surface area contributed by atoms with Gasteiger partial charge in [0.05, 0.1) is 12.1 Å². The molecule has 0 saturated heterocycles. The standard InChI is InChI=1S/C13H17N3/c1-9-6-7-13(8-15-12(14)16-13)11-5-3-2-4-10(9)11/h2-5,9H,6-8H2,1H3,(H3,14,15,16). The van der Waals surface area contributed by atoms with Crippen LogP contribution in [0.2, 0.25) is 0 Å². The van der Waals surface area contributed by atoms with E-state index in [0.717, 1.165) is 13.0 Å². The van der Waals surface area contributed by atoms with E-state index in [1.54, 1.807) is 0 Å². The summed E-state index contributed by atoms with van der Waals surface area (Å²) in [5, 5.41) is 3.37. The largest absolute Gasteiger partial charge is 0.370 e. The van der Waals surface area contributed by atoms with Gasteiger partial charge in [-0.2, -0.15) is 0 Å². The van der Waals surface area contributed by atoms with E-state index in [4.69, 9.17) is 5.73 Å². The second-order valence-electron chi connectivity index (χ2n) is 4.94. The molecule has 0 fully saturated rings. The second-order valence-corrected chi connectivity index (χ2v) is 4.94. The summed E-state index contributed by atoms with van der Waals surface area (Å²) in [6, 6.07) is 8.67. The van der Waals surface area contributed by atoms with Crippen LogP contribution in [-0.4, -0.2) is 12.5 Å². The number of aliphatic imine (C=N–C) groups is 1. The summed E-state index contributed by atoms with van der Waals surface area (Å²) in [6.45, 7) is 3.08. The molecule has 0 amide bonds. The number of hydrogen-bond donors (Lipinski definition) is 2. The quantitative estimate of drug-likeness (QED) is 0.692. The number of guanidine groups is 1. The Hall–Kier alpha value is -1.51. The number of nitrogens with zero attached hydrogens (tertiary/aromatic N) is 1. The average Bonchev–Trinajstić information content (AvgIpc) is 2.68. The van der Waals surface area contributed by atoms with Gasteiger partial charge in [0.15, 0.2) is 5.96 Å². The van der Waals surface area contributed by atoms with Gasteiger partial charge in [0.2, 0.25) is 0 Å². The summed E-state index contributed by atoms with van der Waals surface area (Å²) in [7, 11) is 0. The number of nitrogens with one attached hydrogen (secondary N) is 1. The fourth-order valence-corrected chi connectivity index (χ4v) is 2.95. The van der Waals surface area contributed by atoms with Gasteiger partial charge in [-0.1, -0.05) is 31.2 Å². The van der Waals surface area contributed by atoms with Gasteiger partial charge in [0.25, 0.3) is 0 Å². The molecule has 3 rings (SSSR count). The first kappa shape index (κ1) is 9.70. The highest BCUT2D eigenvalue weighted by Gasteiger charge is 2.41. The summed E-state index contributed by atoms with van der Waals surface area (Å²) >= 11 is 0. The van der Waals surface area contributed by atoms with Gasteiger partial charge in [-0.25, -0.2) is 0 Å². The van der Waals surface area contributed by atoms with Crippen molar-refractivity contribution in [2.45, 2.75) is 31.2 Å². The molecule has 0 radical (unpaired) electrons. The van der Waals surface area contributed by atoms with Crippen LogP contribution in [0, 0.1) is 0 Å². The van der Waals surface area contributed by atoms with Crippen molar-refractivity contribution in [2.75, 3.05) is 6.54 Å². The highest BCUT2D eigenvalue weighted by molar-refractivity contribution is 5.81.